The molecule has 3 saturated carbocycles. The smallest absolute Gasteiger partial charge is 0.161 e. The minimum atomic E-state index is -0.170. The summed E-state index contributed by atoms with van der Waals surface area (Å²) in [6.07, 6.45) is 9.76. The molecule has 5 aliphatic rings. The van der Waals surface area contributed by atoms with E-state index in [0.29, 0.717) is 42.2 Å². The predicted molar refractivity (Wildman–Crippen MR) is 81.1 cm³/mol. The number of carbonyl (C=O) groups is 2. The zero-order chi connectivity index (χ0) is 15.3. The van der Waals surface area contributed by atoms with Gasteiger partial charge in [-0.2, -0.15) is 0 Å². The van der Waals surface area contributed by atoms with Crippen molar-refractivity contribution in [3.8, 4) is 0 Å². The molecule has 3 nitrogen and oxygen atoms in total. The molecule has 0 amide bonds. The van der Waals surface area contributed by atoms with Gasteiger partial charge in [-0.3, -0.25) is 9.59 Å². The summed E-state index contributed by atoms with van der Waals surface area (Å²) in [6.45, 7) is 4.54. The number of Topliss-reactive ketones (excluding diaryl/α,β-unsaturated/α-hetero) is 1. The number of hydrogen-bond donors (Lipinski definition) is 0. The summed E-state index contributed by atoms with van der Waals surface area (Å²) in [7, 11) is 0. The summed E-state index contributed by atoms with van der Waals surface area (Å²) in [6, 6.07) is 0. The van der Waals surface area contributed by atoms with Crippen molar-refractivity contribution in [1.29, 1.82) is 0 Å². The molecule has 0 unspecified atom stereocenters. The second kappa shape index (κ2) is 3.75. The van der Waals surface area contributed by atoms with Crippen molar-refractivity contribution in [2.24, 2.45) is 28.6 Å². The monoisotopic (exact) mass is 300 g/mol. The lowest BCUT2D eigenvalue weighted by molar-refractivity contribution is -0.138. The van der Waals surface area contributed by atoms with Crippen molar-refractivity contribution in [3.63, 3.8) is 0 Å². The van der Waals surface area contributed by atoms with Crippen LogP contribution in [0, 0.1) is 28.6 Å². The van der Waals surface area contributed by atoms with Gasteiger partial charge in [-0.1, -0.05) is 19.9 Å². The number of epoxide rings is 1. The lowest BCUT2D eigenvalue weighted by Gasteiger charge is -2.57. The summed E-state index contributed by atoms with van der Waals surface area (Å²) in [5, 5.41) is 0. The Balaban J connectivity index is 1.55. The average Bonchev–Trinajstić information content (AvgIpc) is 3.08. The van der Waals surface area contributed by atoms with Gasteiger partial charge >= 0.3 is 0 Å². The standard InChI is InChI=1S/C19H24O3/c1-17-7-6-14-12(13(17)3-4-15(17)21)9-16-19(22-16)10-11(20)5-8-18(14,19)2/h3-4,12-14,16H,5-10H2,1-2H3/t12-,13-,14-,16+,17-,18+,19+/m0/s1. The molecule has 7 atom stereocenters. The van der Waals surface area contributed by atoms with E-state index in [-0.39, 0.29) is 22.5 Å². The van der Waals surface area contributed by atoms with E-state index in [2.05, 4.69) is 19.9 Å². The number of allylic oxidation sites excluding steroid dienone is 2. The largest absolute Gasteiger partial charge is 0.365 e. The van der Waals surface area contributed by atoms with E-state index in [1.165, 1.54) is 0 Å². The topological polar surface area (TPSA) is 46.7 Å². The van der Waals surface area contributed by atoms with E-state index in [4.69, 9.17) is 4.74 Å². The quantitative estimate of drug-likeness (QED) is 0.646. The number of hydrogen-bond acceptors (Lipinski definition) is 3. The van der Waals surface area contributed by atoms with Gasteiger partial charge in [0, 0.05) is 23.7 Å². The molecule has 0 aromatic heterocycles. The van der Waals surface area contributed by atoms with Gasteiger partial charge in [0.1, 0.15) is 11.4 Å². The highest BCUT2D eigenvalue weighted by atomic mass is 16.6. The molecule has 4 aliphatic carbocycles. The maximum atomic E-state index is 12.3. The average molecular weight is 300 g/mol. The third-order valence-corrected chi connectivity index (χ3v) is 8.18. The van der Waals surface area contributed by atoms with E-state index < -0.39 is 0 Å². The third-order valence-electron chi connectivity index (χ3n) is 8.18. The van der Waals surface area contributed by atoms with Gasteiger partial charge in [-0.25, -0.2) is 0 Å². The molecular formula is C19H24O3. The van der Waals surface area contributed by atoms with E-state index in [1.54, 1.807) is 0 Å². The zero-order valence-corrected chi connectivity index (χ0v) is 13.4. The lowest BCUT2D eigenvalue weighted by Crippen LogP contribution is -2.58. The van der Waals surface area contributed by atoms with Crippen molar-refractivity contribution in [2.75, 3.05) is 0 Å². The first kappa shape index (κ1) is 13.5. The SMILES string of the molecule is C[C@]12CC[C@H]3[C@@H](C[C@H]4O[C@]45CC(=O)CC[C@]35C)[C@@H]1C=CC2=O. The van der Waals surface area contributed by atoms with Crippen LogP contribution in [0.2, 0.25) is 0 Å². The van der Waals surface area contributed by atoms with Gasteiger partial charge < -0.3 is 4.74 Å². The highest BCUT2D eigenvalue weighted by Crippen LogP contribution is 2.72. The Morgan fingerprint density at radius 1 is 1.23 bits per heavy atom. The van der Waals surface area contributed by atoms with Crippen molar-refractivity contribution in [1.82, 2.24) is 0 Å². The second-order valence-corrected chi connectivity index (χ2v) is 8.84. The van der Waals surface area contributed by atoms with Gasteiger partial charge in [0.2, 0.25) is 0 Å². The Morgan fingerprint density at radius 3 is 2.86 bits per heavy atom. The zero-order valence-electron chi connectivity index (χ0n) is 13.4. The summed E-state index contributed by atoms with van der Waals surface area (Å²) >= 11 is 0. The van der Waals surface area contributed by atoms with E-state index in [9.17, 15) is 9.59 Å². The number of rotatable bonds is 0. The highest BCUT2D eigenvalue weighted by molar-refractivity contribution is 5.97. The van der Waals surface area contributed by atoms with Gasteiger partial charge in [0.15, 0.2) is 5.78 Å². The van der Waals surface area contributed by atoms with E-state index >= 15 is 0 Å². The fourth-order valence-electron chi connectivity index (χ4n) is 6.74. The molecule has 1 heterocycles. The Labute approximate surface area is 131 Å². The summed E-state index contributed by atoms with van der Waals surface area (Å²) in [5.74, 6) is 2.26. The number of ketones is 2. The molecule has 0 N–H and O–H groups in total. The van der Waals surface area contributed by atoms with Crippen molar-refractivity contribution >= 4 is 11.6 Å². The number of carbonyl (C=O) groups excluding carboxylic acids is 2. The van der Waals surface area contributed by atoms with Crippen LogP contribution in [-0.2, 0) is 14.3 Å². The van der Waals surface area contributed by atoms with Crippen LogP contribution in [0.1, 0.15) is 52.4 Å². The number of ether oxygens (including phenoxy) is 1. The van der Waals surface area contributed by atoms with Gasteiger partial charge in [0.05, 0.1) is 6.10 Å². The molecule has 0 aromatic rings. The molecule has 3 heteroatoms. The molecule has 118 valence electrons. The van der Waals surface area contributed by atoms with Crippen LogP contribution in [-0.4, -0.2) is 23.3 Å². The summed E-state index contributed by atoms with van der Waals surface area (Å²) < 4.78 is 6.21. The molecule has 4 fully saturated rings. The van der Waals surface area contributed by atoms with Crippen LogP contribution in [0.3, 0.4) is 0 Å². The van der Waals surface area contributed by atoms with Crippen molar-refractivity contribution in [3.05, 3.63) is 12.2 Å². The highest BCUT2D eigenvalue weighted by Gasteiger charge is 2.76. The predicted octanol–water partition coefficient (Wildman–Crippen LogP) is 3.07. The molecule has 0 aromatic carbocycles. The maximum absolute atomic E-state index is 12.3. The maximum Gasteiger partial charge on any atom is 0.161 e. The first-order valence-corrected chi connectivity index (χ1v) is 8.83. The Morgan fingerprint density at radius 2 is 2.05 bits per heavy atom. The molecule has 0 bridgehead atoms. The van der Waals surface area contributed by atoms with Crippen LogP contribution >= 0.6 is 0 Å². The summed E-state index contributed by atoms with van der Waals surface area (Å²) in [5.41, 5.74) is -0.185. The molecule has 5 rings (SSSR count). The normalized spacial score (nSPS) is 58.6. The first-order chi connectivity index (χ1) is 10.4. The van der Waals surface area contributed by atoms with Crippen LogP contribution in [0.15, 0.2) is 12.2 Å². The molecule has 22 heavy (non-hydrogen) atoms. The fourth-order valence-corrected chi connectivity index (χ4v) is 6.74. The van der Waals surface area contributed by atoms with Crippen molar-refractivity contribution in [2.45, 2.75) is 64.1 Å². The Hall–Kier alpha value is -0.960. The second-order valence-electron chi connectivity index (χ2n) is 8.84. The molecule has 0 radical (unpaired) electrons. The number of fused-ring (bicyclic) bond motifs is 4. The fraction of sp³-hybridized carbons (Fsp3) is 0.789. The molecule has 1 saturated heterocycles. The van der Waals surface area contributed by atoms with Crippen LogP contribution in [0.4, 0.5) is 0 Å². The summed E-state index contributed by atoms with van der Waals surface area (Å²) in [4.78, 5) is 24.3. The van der Waals surface area contributed by atoms with Crippen LogP contribution in [0.25, 0.3) is 0 Å². The van der Waals surface area contributed by atoms with Crippen molar-refractivity contribution < 1.29 is 14.3 Å². The van der Waals surface area contributed by atoms with Gasteiger partial charge in [0.25, 0.3) is 0 Å². The van der Waals surface area contributed by atoms with Crippen LogP contribution < -0.4 is 0 Å². The minimum Gasteiger partial charge on any atom is -0.365 e. The Kier molecular flexibility index (Phi) is 2.29. The minimum absolute atomic E-state index is 0.134. The van der Waals surface area contributed by atoms with Crippen LogP contribution in [0.5, 0.6) is 0 Å². The first-order valence-electron chi connectivity index (χ1n) is 8.83. The van der Waals surface area contributed by atoms with Gasteiger partial charge in [-0.15, -0.1) is 0 Å². The van der Waals surface area contributed by atoms with E-state index in [0.717, 1.165) is 25.7 Å². The Bertz CT molecular complexity index is 622. The molecule has 1 spiro atoms. The molecule has 1 aliphatic heterocycles. The van der Waals surface area contributed by atoms with E-state index in [1.807, 2.05) is 6.08 Å². The van der Waals surface area contributed by atoms with Gasteiger partial charge in [-0.05, 0) is 49.5 Å². The third kappa shape index (κ3) is 1.30. The molecular weight excluding hydrogens is 276 g/mol. The lowest BCUT2D eigenvalue weighted by atomic mass is 9.45.